The molecule has 0 aliphatic rings. The van der Waals surface area contributed by atoms with Gasteiger partial charge in [0, 0.05) is 25.6 Å². The Balaban J connectivity index is 2.69. The smallest absolute Gasteiger partial charge is 0.223 e. The third kappa shape index (κ3) is 4.56. The number of hydrogen-bond acceptors (Lipinski definition) is 3. The van der Waals surface area contributed by atoms with Gasteiger partial charge in [-0.05, 0) is 18.0 Å². The molecule has 0 aliphatic carbocycles. The fourth-order valence-corrected chi connectivity index (χ4v) is 1.79. The molecule has 0 unspecified atom stereocenters. The Bertz CT molecular complexity index is 430. The first-order chi connectivity index (χ1) is 8.89. The highest BCUT2D eigenvalue weighted by molar-refractivity contribution is 5.76. The van der Waals surface area contributed by atoms with Crippen LogP contribution in [0.25, 0.3) is 0 Å². The molecule has 0 saturated carbocycles. The van der Waals surface area contributed by atoms with Gasteiger partial charge in [0.25, 0.3) is 0 Å². The lowest BCUT2D eigenvalue weighted by Crippen LogP contribution is -2.34. The summed E-state index contributed by atoms with van der Waals surface area (Å²) in [5.74, 6) is 0.904. The van der Waals surface area contributed by atoms with Crippen molar-refractivity contribution in [3.05, 3.63) is 29.8 Å². The van der Waals surface area contributed by atoms with E-state index in [0.29, 0.717) is 19.5 Å². The van der Waals surface area contributed by atoms with Crippen molar-refractivity contribution < 1.29 is 9.53 Å². The molecule has 0 atom stereocenters. The van der Waals surface area contributed by atoms with Crippen molar-refractivity contribution in [1.29, 1.82) is 0 Å². The second-order valence-electron chi connectivity index (χ2n) is 5.61. The van der Waals surface area contributed by atoms with Crippen LogP contribution in [0.15, 0.2) is 24.3 Å². The predicted molar refractivity (Wildman–Crippen MR) is 76.9 cm³/mol. The van der Waals surface area contributed by atoms with Gasteiger partial charge in [0.2, 0.25) is 5.91 Å². The SMILES string of the molecule is COc1ccccc1CN(C)C(=O)CC(C)(C)CN. The molecular weight excluding hydrogens is 240 g/mol. The number of carbonyl (C=O) groups excluding carboxylic acids is 1. The molecule has 106 valence electrons. The Morgan fingerprint density at radius 2 is 2.00 bits per heavy atom. The van der Waals surface area contributed by atoms with Crippen molar-refractivity contribution in [2.24, 2.45) is 11.1 Å². The molecule has 0 heterocycles. The maximum Gasteiger partial charge on any atom is 0.223 e. The summed E-state index contributed by atoms with van der Waals surface area (Å²) in [5, 5.41) is 0. The van der Waals surface area contributed by atoms with E-state index >= 15 is 0 Å². The normalized spacial score (nSPS) is 11.2. The highest BCUT2D eigenvalue weighted by Crippen LogP contribution is 2.22. The Morgan fingerprint density at radius 3 is 2.58 bits per heavy atom. The van der Waals surface area contributed by atoms with E-state index in [0.717, 1.165) is 11.3 Å². The quantitative estimate of drug-likeness (QED) is 0.855. The molecule has 4 heteroatoms. The van der Waals surface area contributed by atoms with E-state index < -0.39 is 0 Å². The maximum absolute atomic E-state index is 12.2. The summed E-state index contributed by atoms with van der Waals surface area (Å²) in [6.07, 6.45) is 0.454. The van der Waals surface area contributed by atoms with Gasteiger partial charge < -0.3 is 15.4 Å². The number of ether oxygens (including phenoxy) is 1. The number of rotatable bonds is 6. The maximum atomic E-state index is 12.2. The highest BCUT2D eigenvalue weighted by atomic mass is 16.5. The van der Waals surface area contributed by atoms with Crippen molar-refractivity contribution in [1.82, 2.24) is 4.90 Å². The minimum absolute atomic E-state index is 0.0985. The van der Waals surface area contributed by atoms with Crippen LogP contribution in [0.1, 0.15) is 25.8 Å². The van der Waals surface area contributed by atoms with Crippen molar-refractivity contribution >= 4 is 5.91 Å². The second-order valence-corrected chi connectivity index (χ2v) is 5.61. The van der Waals surface area contributed by atoms with Crippen LogP contribution in [0.3, 0.4) is 0 Å². The van der Waals surface area contributed by atoms with E-state index in [-0.39, 0.29) is 11.3 Å². The van der Waals surface area contributed by atoms with Gasteiger partial charge >= 0.3 is 0 Å². The van der Waals surface area contributed by atoms with Gasteiger partial charge in [0.15, 0.2) is 0 Å². The number of nitrogens with two attached hydrogens (primary N) is 1. The Labute approximate surface area is 115 Å². The first kappa shape index (κ1) is 15.5. The standard InChI is InChI=1S/C15H24N2O2/c1-15(2,11-16)9-14(18)17(3)10-12-7-5-6-8-13(12)19-4/h5-8H,9-11,16H2,1-4H3. The lowest BCUT2D eigenvalue weighted by Gasteiger charge is -2.26. The molecule has 0 radical (unpaired) electrons. The average molecular weight is 264 g/mol. The molecule has 1 aromatic carbocycles. The molecule has 0 saturated heterocycles. The number of nitrogens with zero attached hydrogens (tertiary/aromatic N) is 1. The van der Waals surface area contributed by atoms with Crippen LogP contribution in [0.4, 0.5) is 0 Å². The summed E-state index contributed by atoms with van der Waals surface area (Å²) in [5.41, 5.74) is 6.51. The van der Waals surface area contributed by atoms with Crippen molar-refractivity contribution in [2.45, 2.75) is 26.8 Å². The monoisotopic (exact) mass is 264 g/mol. The minimum Gasteiger partial charge on any atom is -0.496 e. The number of amides is 1. The molecule has 0 bridgehead atoms. The number of hydrogen-bond donors (Lipinski definition) is 1. The predicted octanol–water partition coefficient (Wildman–Crippen LogP) is 2.03. The number of carbonyl (C=O) groups is 1. The molecule has 0 aliphatic heterocycles. The van der Waals surface area contributed by atoms with Gasteiger partial charge in [-0.2, -0.15) is 0 Å². The minimum atomic E-state index is -0.161. The van der Waals surface area contributed by atoms with Gasteiger partial charge in [-0.15, -0.1) is 0 Å². The second kappa shape index (κ2) is 6.57. The van der Waals surface area contributed by atoms with Crippen LogP contribution in [0, 0.1) is 5.41 Å². The van der Waals surface area contributed by atoms with Crippen LogP contribution in [0.2, 0.25) is 0 Å². The molecular formula is C15H24N2O2. The van der Waals surface area contributed by atoms with Crippen LogP contribution < -0.4 is 10.5 Å². The van der Waals surface area contributed by atoms with E-state index in [4.69, 9.17) is 10.5 Å². The fourth-order valence-electron chi connectivity index (χ4n) is 1.79. The zero-order valence-electron chi connectivity index (χ0n) is 12.3. The summed E-state index contributed by atoms with van der Waals surface area (Å²) < 4.78 is 5.29. The van der Waals surface area contributed by atoms with Gasteiger partial charge in [-0.3, -0.25) is 4.79 Å². The summed E-state index contributed by atoms with van der Waals surface area (Å²) in [6, 6.07) is 7.73. The van der Waals surface area contributed by atoms with Gasteiger partial charge in [0.1, 0.15) is 5.75 Å². The summed E-state index contributed by atoms with van der Waals surface area (Å²) >= 11 is 0. The van der Waals surface area contributed by atoms with E-state index in [9.17, 15) is 4.79 Å². The molecule has 0 fully saturated rings. The van der Waals surface area contributed by atoms with Crippen molar-refractivity contribution in [2.75, 3.05) is 20.7 Å². The number of benzene rings is 1. The molecule has 1 amide bonds. The third-order valence-corrected chi connectivity index (χ3v) is 3.21. The van der Waals surface area contributed by atoms with Crippen molar-refractivity contribution in [3.63, 3.8) is 0 Å². The van der Waals surface area contributed by atoms with E-state index in [2.05, 4.69) is 0 Å². The third-order valence-electron chi connectivity index (χ3n) is 3.21. The number of methoxy groups -OCH3 is 1. The average Bonchev–Trinajstić information content (AvgIpc) is 2.38. The number of para-hydroxylation sites is 1. The Kier molecular flexibility index (Phi) is 5.36. The summed E-state index contributed by atoms with van der Waals surface area (Å²) in [4.78, 5) is 13.9. The Hall–Kier alpha value is -1.55. The fraction of sp³-hybridized carbons (Fsp3) is 0.533. The molecule has 4 nitrogen and oxygen atoms in total. The zero-order chi connectivity index (χ0) is 14.5. The van der Waals surface area contributed by atoms with E-state index in [1.807, 2.05) is 38.1 Å². The Morgan fingerprint density at radius 1 is 1.37 bits per heavy atom. The first-order valence-electron chi connectivity index (χ1n) is 6.45. The van der Waals surface area contributed by atoms with E-state index in [1.165, 1.54) is 0 Å². The van der Waals surface area contributed by atoms with Crippen molar-refractivity contribution in [3.8, 4) is 5.75 Å². The topological polar surface area (TPSA) is 55.6 Å². The lowest BCUT2D eigenvalue weighted by molar-refractivity contribution is -0.132. The molecule has 1 aromatic rings. The highest BCUT2D eigenvalue weighted by Gasteiger charge is 2.22. The summed E-state index contributed by atoms with van der Waals surface area (Å²) in [6.45, 7) is 5.05. The van der Waals surface area contributed by atoms with E-state index in [1.54, 1.807) is 19.1 Å². The van der Waals surface area contributed by atoms with Gasteiger partial charge in [-0.1, -0.05) is 32.0 Å². The molecule has 1 rings (SSSR count). The molecule has 0 spiro atoms. The molecule has 19 heavy (non-hydrogen) atoms. The van der Waals surface area contributed by atoms with Gasteiger partial charge in [-0.25, -0.2) is 0 Å². The van der Waals surface area contributed by atoms with Crippen LogP contribution in [0.5, 0.6) is 5.75 Å². The summed E-state index contributed by atoms with van der Waals surface area (Å²) in [7, 11) is 3.44. The molecule has 2 N–H and O–H groups in total. The van der Waals surface area contributed by atoms with Crippen LogP contribution in [-0.4, -0.2) is 31.5 Å². The first-order valence-corrected chi connectivity index (χ1v) is 6.45. The van der Waals surface area contributed by atoms with Gasteiger partial charge in [0.05, 0.1) is 7.11 Å². The zero-order valence-corrected chi connectivity index (χ0v) is 12.3. The molecule has 0 aromatic heterocycles. The van der Waals surface area contributed by atoms with Crippen LogP contribution >= 0.6 is 0 Å². The lowest BCUT2D eigenvalue weighted by atomic mass is 9.89. The van der Waals surface area contributed by atoms with Crippen LogP contribution in [-0.2, 0) is 11.3 Å². The largest absolute Gasteiger partial charge is 0.496 e.